The SMILES string of the molecule is COc1cc([N+](=O)[O-])ccc1/C=C/C(=N\O)c1cc2ccccc2cc1O. The normalized spacial score (nSPS) is 11.8. The van der Waals surface area contributed by atoms with Crippen molar-refractivity contribution in [3.63, 3.8) is 0 Å². The third-order valence-corrected chi connectivity index (χ3v) is 4.10. The van der Waals surface area contributed by atoms with E-state index in [2.05, 4.69) is 5.16 Å². The maximum atomic E-state index is 10.9. The van der Waals surface area contributed by atoms with Gasteiger partial charge in [-0.1, -0.05) is 29.4 Å². The number of rotatable bonds is 5. The number of methoxy groups -OCH3 is 1. The summed E-state index contributed by atoms with van der Waals surface area (Å²) in [5.74, 6) is 0.280. The molecule has 0 heterocycles. The van der Waals surface area contributed by atoms with E-state index in [0.29, 0.717) is 16.9 Å². The number of aromatic hydroxyl groups is 1. The Morgan fingerprint density at radius 2 is 1.85 bits per heavy atom. The molecular weight excluding hydrogens is 348 g/mol. The van der Waals surface area contributed by atoms with E-state index in [1.807, 2.05) is 24.3 Å². The number of hydrogen-bond acceptors (Lipinski definition) is 6. The minimum atomic E-state index is -0.510. The van der Waals surface area contributed by atoms with Gasteiger partial charge < -0.3 is 15.1 Å². The molecule has 7 nitrogen and oxygen atoms in total. The molecule has 3 aromatic carbocycles. The van der Waals surface area contributed by atoms with Gasteiger partial charge in [0.25, 0.3) is 5.69 Å². The van der Waals surface area contributed by atoms with Crippen molar-refractivity contribution in [2.75, 3.05) is 7.11 Å². The predicted octanol–water partition coefficient (Wildman–Crippen LogP) is 4.35. The molecule has 7 heteroatoms. The quantitative estimate of drug-likeness (QED) is 0.303. The molecule has 0 spiro atoms. The van der Waals surface area contributed by atoms with Crippen molar-refractivity contribution < 1.29 is 20.0 Å². The van der Waals surface area contributed by atoms with Gasteiger partial charge in [0.2, 0.25) is 0 Å². The van der Waals surface area contributed by atoms with Crippen LogP contribution in [-0.2, 0) is 0 Å². The topological polar surface area (TPSA) is 105 Å². The van der Waals surface area contributed by atoms with Crippen LogP contribution < -0.4 is 4.74 Å². The van der Waals surface area contributed by atoms with Gasteiger partial charge in [0.1, 0.15) is 17.2 Å². The maximum Gasteiger partial charge on any atom is 0.273 e. The van der Waals surface area contributed by atoms with E-state index in [9.17, 15) is 20.4 Å². The highest BCUT2D eigenvalue weighted by atomic mass is 16.6. The van der Waals surface area contributed by atoms with Gasteiger partial charge in [-0.05, 0) is 41.1 Å². The fourth-order valence-corrected chi connectivity index (χ4v) is 2.73. The average Bonchev–Trinajstić information content (AvgIpc) is 2.68. The number of phenolic OH excluding ortho intramolecular Hbond substituents is 1. The summed E-state index contributed by atoms with van der Waals surface area (Å²) in [6.45, 7) is 0. The highest BCUT2D eigenvalue weighted by Crippen LogP contribution is 2.28. The highest BCUT2D eigenvalue weighted by Gasteiger charge is 2.12. The van der Waals surface area contributed by atoms with Gasteiger partial charge in [-0.2, -0.15) is 0 Å². The summed E-state index contributed by atoms with van der Waals surface area (Å²) in [6.07, 6.45) is 3.08. The number of nitro benzene ring substituents is 1. The molecule has 0 aliphatic rings. The number of oxime groups is 1. The number of benzene rings is 3. The number of nitro groups is 1. The first-order valence-electron chi connectivity index (χ1n) is 7.98. The number of fused-ring (bicyclic) bond motifs is 1. The lowest BCUT2D eigenvalue weighted by Gasteiger charge is -2.07. The van der Waals surface area contributed by atoms with Crippen LogP contribution in [0.3, 0.4) is 0 Å². The van der Waals surface area contributed by atoms with Gasteiger partial charge in [-0.3, -0.25) is 10.1 Å². The number of allylic oxidation sites excluding steroid dienone is 1. The summed E-state index contributed by atoms with van der Waals surface area (Å²) < 4.78 is 5.18. The van der Waals surface area contributed by atoms with Crippen LogP contribution in [0.25, 0.3) is 16.8 Å². The molecule has 136 valence electrons. The molecule has 0 radical (unpaired) electrons. The molecule has 2 N–H and O–H groups in total. The van der Waals surface area contributed by atoms with E-state index in [1.54, 1.807) is 18.2 Å². The van der Waals surface area contributed by atoms with Gasteiger partial charge in [0.15, 0.2) is 0 Å². The summed E-state index contributed by atoms with van der Waals surface area (Å²) in [6, 6.07) is 15.0. The Morgan fingerprint density at radius 1 is 1.15 bits per heavy atom. The first kappa shape index (κ1) is 17.9. The lowest BCUT2D eigenvalue weighted by atomic mass is 10.0. The fourth-order valence-electron chi connectivity index (χ4n) is 2.73. The summed E-state index contributed by atoms with van der Waals surface area (Å²) in [7, 11) is 1.41. The lowest BCUT2D eigenvalue weighted by Crippen LogP contribution is -1.98. The van der Waals surface area contributed by atoms with Crippen LogP contribution in [0.5, 0.6) is 11.5 Å². The zero-order chi connectivity index (χ0) is 19.4. The summed E-state index contributed by atoms with van der Waals surface area (Å²) in [5.41, 5.74) is 0.962. The zero-order valence-corrected chi connectivity index (χ0v) is 14.4. The van der Waals surface area contributed by atoms with Gasteiger partial charge in [0, 0.05) is 17.2 Å². The highest BCUT2D eigenvalue weighted by molar-refractivity contribution is 6.13. The number of nitrogens with zero attached hydrogens (tertiary/aromatic N) is 2. The third kappa shape index (κ3) is 3.72. The summed E-state index contributed by atoms with van der Waals surface area (Å²) in [5, 5.41) is 35.6. The first-order valence-corrected chi connectivity index (χ1v) is 7.98. The molecule has 0 amide bonds. The van der Waals surface area contributed by atoms with E-state index in [0.717, 1.165) is 10.8 Å². The summed E-state index contributed by atoms with van der Waals surface area (Å²) >= 11 is 0. The van der Waals surface area contributed by atoms with E-state index in [4.69, 9.17) is 4.74 Å². The second-order valence-electron chi connectivity index (χ2n) is 5.72. The first-order chi connectivity index (χ1) is 13.0. The Bertz CT molecular complexity index is 1070. The van der Waals surface area contributed by atoms with Crippen LogP contribution in [0.4, 0.5) is 5.69 Å². The van der Waals surface area contributed by atoms with Crippen LogP contribution in [0.15, 0.2) is 65.8 Å². The molecule has 0 aliphatic carbocycles. The van der Waals surface area contributed by atoms with Crippen molar-refractivity contribution >= 4 is 28.2 Å². The molecule has 3 aromatic rings. The largest absolute Gasteiger partial charge is 0.507 e. The van der Waals surface area contributed by atoms with Crippen molar-refractivity contribution in [3.05, 3.63) is 81.9 Å². The van der Waals surface area contributed by atoms with Crippen LogP contribution in [-0.4, -0.2) is 28.1 Å². The van der Waals surface area contributed by atoms with Crippen LogP contribution >= 0.6 is 0 Å². The number of hydrogen-bond donors (Lipinski definition) is 2. The van der Waals surface area contributed by atoms with E-state index in [-0.39, 0.29) is 17.1 Å². The van der Waals surface area contributed by atoms with Crippen molar-refractivity contribution in [3.8, 4) is 11.5 Å². The molecule has 0 saturated carbocycles. The molecule has 0 unspecified atom stereocenters. The van der Waals surface area contributed by atoms with Gasteiger partial charge in [0.05, 0.1) is 18.1 Å². The van der Waals surface area contributed by atoms with Crippen molar-refractivity contribution in [1.82, 2.24) is 0 Å². The Balaban J connectivity index is 1.99. The number of phenols is 1. The average molecular weight is 364 g/mol. The maximum absolute atomic E-state index is 10.9. The molecule has 0 aliphatic heterocycles. The molecule has 0 aromatic heterocycles. The van der Waals surface area contributed by atoms with Gasteiger partial charge in [-0.25, -0.2) is 0 Å². The molecule has 0 atom stereocenters. The van der Waals surface area contributed by atoms with Crippen molar-refractivity contribution in [1.29, 1.82) is 0 Å². The Morgan fingerprint density at radius 3 is 2.48 bits per heavy atom. The Labute approximate surface area is 154 Å². The molecule has 3 rings (SSSR count). The van der Waals surface area contributed by atoms with E-state index >= 15 is 0 Å². The van der Waals surface area contributed by atoms with Gasteiger partial charge >= 0.3 is 0 Å². The lowest BCUT2D eigenvalue weighted by molar-refractivity contribution is -0.384. The smallest absolute Gasteiger partial charge is 0.273 e. The minimum absolute atomic E-state index is 0.0261. The van der Waals surface area contributed by atoms with E-state index < -0.39 is 4.92 Å². The molecule has 0 saturated heterocycles. The fraction of sp³-hybridized carbons (Fsp3) is 0.0500. The number of non-ortho nitro benzene ring substituents is 1. The van der Waals surface area contributed by atoms with Gasteiger partial charge in [-0.15, -0.1) is 0 Å². The molecule has 0 bridgehead atoms. The molecular formula is C20H16N2O5. The Kier molecular flexibility index (Phi) is 5.03. The second kappa shape index (κ2) is 7.57. The van der Waals surface area contributed by atoms with Crippen molar-refractivity contribution in [2.45, 2.75) is 0 Å². The zero-order valence-electron chi connectivity index (χ0n) is 14.4. The van der Waals surface area contributed by atoms with Crippen molar-refractivity contribution in [2.24, 2.45) is 5.16 Å². The van der Waals surface area contributed by atoms with E-state index in [1.165, 1.54) is 31.4 Å². The monoisotopic (exact) mass is 364 g/mol. The molecule has 27 heavy (non-hydrogen) atoms. The standard InChI is InChI=1S/C20H16N2O5/c1-27-20-12-16(22(25)26)8-6-13(20)7-9-18(21-24)17-10-14-4-2-3-5-15(14)11-19(17)23/h2-12,23-24H,1H3/b9-7+,21-18+. The van der Waals surface area contributed by atoms with Crippen LogP contribution in [0, 0.1) is 10.1 Å². The minimum Gasteiger partial charge on any atom is -0.507 e. The number of ether oxygens (including phenoxy) is 1. The van der Waals surface area contributed by atoms with Crippen LogP contribution in [0.2, 0.25) is 0 Å². The third-order valence-electron chi connectivity index (χ3n) is 4.10. The Hall–Kier alpha value is -3.87. The second-order valence-corrected chi connectivity index (χ2v) is 5.72. The summed E-state index contributed by atoms with van der Waals surface area (Å²) in [4.78, 5) is 10.4. The predicted molar refractivity (Wildman–Crippen MR) is 103 cm³/mol. The molecule has 0 fully saturated rings. The van der Waals surface area contributed by atoms with Crippen LogP contribution in [0.1, 0.15) is 11.1 Å².